The number of benzene rings is 2. The minimum absolute atomic E-state index is 0. The highest BCUT2D eigenvalue weighted by molar-refractivity contribution is 7.99. The van der Waals surface area contributed by atoms with Crippen LogP contribution in [0.4, 0.5) is 5.69 Å². The van der Waals surface area contributed by atoms with Crippen LogP contribution in [0.1, 0.15) is 21.8 Å². The van der Waals surface area contributed by atoms with Crippen molar-refractivity contribution >= 4 is 35.8 Å². The van der Waals surface area contributed by atoms with Gasteiger partial charge in [-0.25, -0.2) is 0 Å². The zero-order chi connectivity index (χ0) is 22.3. The van der Waals surface area contributed by atoms with Crippen LogP contribution in [0.15, 0.2) is 53.4 Å². The van der Waals surface area contributed by atoms with Crippen molar-refractivity contribution in [2.24, 2.45) is 0 Å². The Hall–Kier alpha value is -1.73. The van der Waals surface area contributed by atoms with Gasteiger partial charge in [0.25, 0.3) is 5.91 Å². The second-order valence-electron chi connectivity index (χ2n) is 6.49. The molecule has 0 aromatic heterocycles. The number of carbonyl (C=O) groups excluding carboxylic acids is 1. The number of para-hydroxylation sites is 1. The molecule has 0 aliphatic carbocycles. The Bertz CT molecular complexity index is 928. The molecule has 0 bridgehead atoms. The van der Waals surface area contributed by atoms with Crippen LogP contribution in [-0.4, -0.2) is 55.7 Å². The summed E-state index contributed by atoms with van der Waals surface area (Å²) >= 11 is 1.30. The molecular formula is C21H27ClN2O3S. The monoisotopic (exact) mass is 425 g/mol. The molecule has 1 N–H and O–H groups in total. The lowest BCUT2D eigenvalue weighted by molar-refractivity contribution is -0.126. The SMILES string of the molecule is Cl.[2H]C([2H])(N1C(=O)[C@H](O)[C@H](c2ccc(OC)cc2)Sc2ccccc21)C([2H])(C)N(C)C. The zero-order valence-corrected chi connectivity index (χ0v) is 17.9. The van der Waals surface area contributed by atoms with E-state index in [1.807, 2.05) is 0 Å². The summed E-state index contributed by atoms with van der Waals surface area (Å²) in [6.07, 6.45) is -1.50. The van der Waals surface area contributed by atoms with E-state index in [0.717, 1.165) is 10.5 Å². The number of hydrogen-bond acceptors (Lipinski definition) is 5. The van der Waals surface area contributed by atoms with Crippen LogP contribution in [-0.2, 0) is 4.79 Å². The third-order valence-corrected chi connectivity index (χ3v) is 5.89. The van der Waals surface area contributed by atoms with Crippen molar-refractivity contribution in [3.8, 4) is 5.75 Å². The summed E-state index contributed by atoms with van der Waals surface area (Å²) in [5.74, 6) is -0.119. The van der Waals surface area contributed by atoms with Crippen molar-refractivity contribution in [2.75, 3.05) is 32.6 Å². The first-order valence-electron chi connectivity index (χ1n) is 10.1. The van der Waals surface area contributed by atoms with E-state index in [-0.39, 0.29) is 12.4 Å². The first kappa shape index (κ1) is 18.3. The number of thioether (sulfide) groups is 1. The number of hydrogen-bond donors (Lipinski definition) is 1. The maximum Gasteiger partial charge on any atom is 0.257 e. The molecule has 0 fully saturated rings. The number of amides is 1. The van der Waals surface area contributed by atoms with Gasteiger partial charge in [-0.2, -0.15) is 0 Å². The molecule has 3 atom stereocenters. The number of carbonyl (C=O) groups is 1. The summed E-state index contributed by atoms with van der Waals surface area (Å²) in [5, 5.41) is 10.4. The maximum absolute atomic E-state index is 13.4. The lowest BCUT2D eigenvalue weighted by atomic mass is 10.1. The summed E-state index contributed by atoms with van der Waals surface area (Å²) in [7, 11) is 4.74. The molecule has 1 aliphatic heterocycles. The lowest BCUT2D eigenvalue weighted by Crippen LogP contribution is -2.46. The number of aliphatic hydroxyl groups is 1. The molecular weight excluding hydrogens is 396 g/mol. The highest BCUT2D eigenvalue weighted by atomic mass is 35.5. The van der Waals surface area contributed by atoms with Crippen LogP contribution in [0.3, 0.4) is 0 Å². The minimum atomic E-state index is -2.42. The fraction of sp³-hybridized carbons (Fsp3) is 0.381. The van der Waals surface area contributed by atoms with Gasteiger partial charge >= 0.3 is 0 Å². The van der Waals surface area contributed by atoms with E-state index in [1.54, 1.807) is 69.7 Å². The molecule has 1 unspecified atom stereocenters. The van der Waals surface area contributed by atoms with Crippen molar-refractivity contribution in [3.63, 3.8) is 0 Å². The summed E-state index contributed by atoms with van der Waals surface area (Å²) in [5.41, 5.74) is 1.06. The minimum Gasteiger partial charge on any atom is -0.497 e. The van der Waals surface area contributed by atoms with Crippen LogP contribution < -0.4 is 9.64 Å². The molecule has 0 saturated carbocycles. The van der Waals surface area contributed by atoms with Gasteiger partial charge in [0.05, 0.1) is 20.8 Å². The fourth-order valence-electron chi connectivity index (χ4n) is 2.74. The molecule has 7 heteroatoms. The number of ether oxygens (including phenoxy) is 1. The number of nitrogens with zero attached hydrogens (tertiary/aromatic N) is 2. The molecule has 1 amide bonds. The molecule has 1 heterocycles. The van der Waals surface area contributed by atoms with Crippen molar-refractivity contribution in [1.29, 1.82) is 0 Å². The Kier molecular flexibility index (Phi) is 6.31. The normalized spacial score (nSPS) is 23.4. The Morgan fingerprint density at radius 1 is 1.29 bits per heavy atom. The molecule has 2 aromatic carbocycles. The average Bonchev–Trinajstić information content (AvgIpc) is 2.82. The van der Waals surface area contributed by atoms with Crippen molar-refractivity contribution < 1.29 is 18.8 Å². The molecule has 152 valence electrons. The second kappa shape index (κ2) is 9.65. The highest BCUT2D eigenvalue weighted by Gasteiger charge is 2.37. The molecule has 5 nitrogen and oxygen atoms in total. The average molecular weight is 426 g/mol. The Labute approximate surface area is 181 Å². The Morgan fingerprint density at radius 3 is 2.54 bits per heavy atom. The molecule has 0 radical (unpaired) electrons. The first-order chi connectivity index (χ1) is 14.0. The molecule has 0 spiro atoms. The van der Waals surface area contributed by atoms with Crippen LogP contribution in [0.2, 0.25) is 0 Å². The number of halogens is 1. The summed E-state index contributed by atoms with van der Waals surface area (Å²) < 4.78 is 31.3. The quantitative estimate of drug-likeness (QED) is 0.793. The second-order valence-corrected chi connectivity index (χ2v) is 7.67. The van der Waals surface area contributed by atoms with Gasteiger partial charge in [0, 0.05) is 18.8 Å². The molecule has 3 rings (SSSR count). The highest BCUT2D eigenvalue weighted by Crippen LogP contribution is 2.45. The van der Waals surface area contributed by atoms with Gasteiger partial charge in [-0.3, -0.25) is 4.79 Å². The van der Waals surface area contributed by atoms with Gasteiger partial charge in [0.15, 0.2) is 0 Å². The third kappa shape index (κ3) is 4.63. The van der Waals surface area contributed by atoms with E-state index in [4.69, 9.17) is 8.85 Å². The van der Waals surface area contributed by atoms with Gasteiger partial charge in [-0.15, -0.1) is 24.2 Å². The fourth-order valence-corrected chi connectivity index (χ4v) is 3.99. The van der Waals surface area contributed by atoms with E-state index in [0.29, 0.717) is 16.3 Å². The predicted octanol–water partition coefficient (Wildman–Crippen LogP) is 3.61. The van der Waals surface area contributed by atoms with Crippen LogP contribution in [0.5, 0.6) is 5.75 Å². The van der Waals surface area contributed by atoms with Gasteiger partial charge < -0.3 is 19.6 Å². The van der Waals surface area contributed by atoms with Crippen LogP contribution in [0, 0.1) is 0 Å². The molecule has 0 saturated heterocycles. The van der Waals surface area contributed by atoms with Crippen molar-refractivity contribution in [2.45, 2.75) is 29.2 Å². The summed E-state index contributed by atoms with van der Waals surface area (Å²) in [4.78, 5) is 16.4. The first-order valence-corrected chi connectivity index (χ1v) is 9.49. The Morgan fingerprint density at radius 2 is 1.93 bits per heavy atom. The largest absolute Gasteiger partial charge is 0.497 e. The summed E-state index contributed by atoms with van der Waals surface area (Å²) in [6.45, 7) is -1.01. The topological polar surface area (TPSA) is 53.0 Å². The lowest BCUT2D eigenvalue weighted by Gasteiger charge is -2.30. The molecule has 2 aromatic rings. The maximum atomic E-state index is 13.4. The van der Waals surface area contributed by atoms with E-state index in [2.05, 4.69) is 0 Å². The molecule has 28 heavy (non-hydrogen) atoms. The van der Waals surface area contributed by atoms with Gasteiger partial charge in [0.2, 0.25) is 0 Å². The zero-order valence-electron chi connectivity index (χ0n) is 19.2. The van der Waals surface area contributed by atoms with E-state index in [9.17, 15) is 9.90 Å². The van der Waals surface area contributed by atoms with E-state index < -0.39 is 29.8 Å². The summed E-state index contributed by atoms with van der Waals surface area (Å²) in [6, 6.07) is 12.3. The van der Waals surface area contributed by atoms with Crippen molar-refractivity contribution in [1.82, 2.24) is 4.90 Å². The number of rotatable bonds is 5. The number of anilines is 1. The Balaban J connectivity index is 0.00000341. The van der Waals surface area contributed by atoms with Crippen molar-refractivity contribution in [3.05, 3.63) is 54.1 Å². The predicted molar refractivity (Wildman–Crippen MR) is 117 cm³/mol. The van der Waals surface area contributed by atoms with Crippen LogP contribution in [0.25, 0.3) is 0 Å². The number of aliphatic hydroxyl groups excluding tert-OH is 1. The smallest absolute Gasteiger partial charge is 0.257 e. The third-order valence-electron chi connectivity index (χ3n) is 4.51. The number of likely N-dealkylation sites (N-methyl/N-ethyl adjacent to an activating group) is 1. The van der Waals surface area contributed by atoms with E-state index >= 15 is 0 Å². The standard InChI is InChI=1S/C21H26N2O3S.ClH/c1-14(22(2)3)13-23-17-7-5-6-8-18(17)27-20(19(24)21(23)25)15-9-11-16(26-4)12-10-15;/h5-12,14,19-20,24H,13H2,1-4H3;1H/t14?,19-,20+;/m1./s1/i13D2,14D;. The van der Waals surface area contributed by atoms with Gasteiger partial charge in [-0.1, -0.05) is 24.3 Å². The number of fused-ring (bicyclic) bond motifs is 1. The molecule has 1 aliphatic rings. The number of methoxy groups -OCH3 is 1. The van der Waals surface area contributed by atoms with E-state index in [1.165, 1.54) is 23.6 Å². The van der Waals surface area contributed by atoms with Gasteiger partial charge in [0.1, 0.15) is 11.9 Å². The van der Waals surface area contributed by atoms with Crippen LogP contribution >= 0.6 is 24.2 Å². The van der Waals surface area contributed by atoms with Gasteiger partial charge in [-0.05, 0) is 50.8 Å².